The Morgan fingerprint density at radius 3 is 1.76 bits per heavy atom. The van der Waals surface area contributed by atoms with Crippen molar-refractivity contribution in [1.29, 1.82) is 0 Å². The van der Waals surface area contributed by atoms with E-state index in [1.165, 1.54) is 0 Å². The van der Waals surface area contributed by atoms with Crippen LogP contribution in [-0.2, 0) is 9.84 Å². The first-order valence-corrected chi connectivity index (χ1v) is 6.78. The summed E-state index contributed by atoms with van der Waals surface area (Å²) < 4.78 is 55.9. The zero-order valence-electron chi connectivity index (χ0n) is 9.53. The summed E-state index contributed by atoms with van der Waals surface area (Å²) in [6, 6.07) is 0. The lowest BCUT2D eigenvalue weighted by atomic mass is 10.3. The molecule has 100 valence electrons. The van der Waals surface area contributed by atoms with E-state index in [0.717, 1.165) is 6.92 Å². The van der Waals surface area contributed by atoms with Gasteiger partial charge in [-0.05, 0) is 14.0 Å². The van der Waals surface area contributed by atoms with Gasteiger partial charge in [-0.15, -0.1) is 10.2 Å². The third-order valence-corrected chi connectivity index (χ3v) is 4.11. The number of alkyl halides is 3. The van der Waals surface area contributed by atoms with E-state index in [1.807, 2.05) is 11.9 Å². The summed E-state index contributed by atoms with van der Waals surface area (Å²) in [7, 11) is -0.718. The van der Waals surface area contributed by atoms with Crippen LogP contribution in [0.15, 0.2) is 10.2 Å². The van der Waals surface area contributed by atoms with Gasteiger partial charge in [0.25, 0.3) is 5.66 Å². The summed E-state index contributed by atoms with van der Waals surface area (Å²) in [4.78, 5) is 2.03. The highest BCUT2D eigenvalue weighted by atomic mass is 32.2. The summed E-state index contributed by atoms with van der Waals surface area (Å²) in [5.41, 5.74) is -2.06. The fraction of sp³-hybridized carbons (Fsp3) is 1.00. The SMILES string of the molecule is CC1(C(F)(F)F)N=N1.CN1CCS(=O)(=O)CC1. The van der Waals surface area contributed by atoms with Crippen molar-refractivity contribution < 1.29 is 21.6 Å². The third kappa shape index (κ3) is 4.23. The first kappa shape index (κ1) is 14.4. The molecule has 2 aliphatic heterocycles. The molecule has 17 heavy (non-hydrogen) atoms. The number of nitrogens with zero attached hydrogens (tertiary/aromatic N) is 3. The summed E-state index contributed by atoms with van der Waals surface area (Å²) in [6.45, 7) is 2.32. The Morgan fingerprint density at radius 2 is 1.59 bits per heavy atom. The van der Waals surface area contributed by atoms with Crippen LogP contribution in [0.1, 0.15) is 6.92 Å². The van der Waals surface area contributed by atoms with E-state index < -0.39 is 21.7 Å². The molecule has 1 fully saturated rings. The average molecular weight is 273 g/mol. The second kappa shape index (κ2) is 4.52. The topological polar surface area (TPSA) is 62.1 Å². The quantitative estimate of drug-likeness (QED) is 0.663. The molecular weight excluding hydrogens is 259 g/mol. The van der Waals surface area contributed by atoms with Crippen molar-refractivity contribution >= 4 is 9.84 Å². The summed E-state index contributed by atoms with van der Waals surface area (Å²) in [6.07, 6.45) is -4.28. The first-order valence-electron chi connectivity index (χ1n) is 4.95. The van der Waals surface area contributed by atoms with Crippen LogP contribution in [0, 0.1) is 0 Å². The van der Waals surface area contributed by atoms with Gasteiger partial charge in [0.05, 0.1) is 11.5 Å². The van der Waals surface area contributed by atoms with Gasteiger partial charge in [0.1, 0.15) is 0 Å². The Morgan fingerprint density at radius 1 is 1.18 bits per heavy atom. The van der Waals surface area contributed by atoms with Gasteiger partial charge >= 0.3 is 6.18 Å². The molecule has 1 saturated heterocycles. The summed E-state index contributed by atoms with van der Waals surface area (Å²) >= 11 is 0. The van der Waals surface area contributed by atoms with Crippen LogP contribution in [0.5, 0.6) is 0 Å². The first-order chi connectivity index (χ1) is 7.56. The monoisotopic (exact) mass is 273 g/mol. The Hall–Kier alpha value is -0.700. The summed E-state index contributed by atoms with van der Waals surface area (Å²) in [5.74, 6) is 0.674. The molecule has 0 saturated carbocycles. The molecule has 0 atom stereocenters. The minimum absolute atomic E-state index is 0.337. The fourth-order valence-corrected chi connectivity index (χ4v) is 2.38. The Balaban J connectivity index is 0.000000171. The van der Waals surface area contributed by atoms with E-state index in [-0.39, 0.29) is 0 Å². The van der Waals surface area contributed by atoms with Gasteiger partial charge < -0.3 is 4.90 Å². The zero-order valence-corrected chi connectivity index (χ0v) is 10.3. The van der Waals surface area contributed by atoms with Crippen molar-refractivity contribution in [2.45, 2.75) is 18.8 Å². The van der Waals surface area contributed by atoms with Crippen LogP contribution in [0.25, 0.3) is 0 Å². The molecular formula is C8H14F3N3O2S. The fourth-order valence-electron chi connectivity index (χ4n) is 0.992. The average Bonchev–Trinajstić information content (AvgIpc) is 2.91. The lowest BCUT2D eigenvalue weighted by Gasteiger charge is -2.21. The highest BCUT2D eigenvalue weighted by Crippen LogP contribution is 2.43. The molecule has 0 radical (unpaired) electrons. The van der Waals surface area contributed by atoms with Crippen LogP contribution in [0.2, 0.25) is 0 Å². The van der Waals surface area contributed by atoms with Gasteiger partial charge in [-0.1, -0.05) is 0 Å². The van der Waals surface area contributed by atoms with E-state index in [4.69, 9.17) is 0 Å². The van der Waals surface area contributed by atoms with Crippen molar-refractivity contribution in [2.24, 2.45) is 10.2 Å². The molecule has 0 N–H and O–H groups in total. The van der Waals surface area contributed by atoms with Crippen molar-refractivity contribution in [3.8, 4) is 0 Å². The Labute approximate surface area is 97.6 Å². The van der Waals surface area contributed by atoms with E-state index in [0.29, 0.717) is 24.6 Å². The highest BCUT2D eigenvalue weighted by molar-refractivity contribution is 7.91. The normalized spacial score (nSPS) is 25.9. The smallest absolute Gasteiger partial charge is 0.304 e. The Bertz CT molecular complexity index is 381. The van der Waals surface area contributed by atoms with E-state index >= 15 is 0 Å². The maximum Gasteiger partial charge on any atom is 0.437 e. The third-order valence-electron chi connectivity index (χ3n) is 2.51. The minimum atomic E-state index is -4.28. The van der Waals surface area contributed by atoms with Gasteiger partial charge in [-0.25, -0.2) is 8.42 Å². The van der Waals surface area contributed by atoms with Gasteiger partial charge in [0.15, 0.2) is 9.84 Å². The predicted molar refractivity (Wildman–Crippen MR) is 55.5 cm³/mol. The summed E-state index contributed by atoms with van der Waals surface area (Å²) in [5, 5.41) is 5.61. The highest BCUT2D eigenvalue weighted by Gasteiger charge is 2.59. The molecule has 0 aromatic heterocycles. The standard InChI is InChI=1S/C5H11NO2S.C3H3F3N2/c1-6-2-4-9(7,8)5-3-6;1-2(7-8-2)3(4,5)6/h2-5H2,1H3;1H3. The second-order valence-corrected chi connectivity index (χ2v) is 6.48. The molecule has 0 aromatic carbocycles. The van der Waals surface area contributed by atoms with Gasteiger partial charge in [-0.2, -0.15) is 13.2 Å². The molecule has 2 heterocycles. The molecule has 0 unspecified atom stereocenters. The number of rotatable bonds is 0. The number of sulfone groups is 1. The van der Waals surface area contributed by atoms with Crippen molar-refractivity contribution in [2.75, 3.05) is 31.6 Å². The van der Waals surface area contributed by atoms with Crippen molar-refractivity contribution in [3.63, 3.8) is 0 Å². The van der Waals surface area contributed by atoms with Crippen molar-refractivity contribution in [1.82, 2.24) is 4.90 Å². The molecule has 5 nitrogen and oxygen atoms in total. The molecule has 0 aliphatic carbocycles. The van der Waals surface area contributed by atoms with Crippen LogP contribution in [0.4, 0.5) is 13.2 Å². The van der Waals surface area contributed by atoms with Crippen LogP contribution < -0.4 is 0 Å². The van der Waals surface area contributed by atoms with Crippen LogP contribution >= 0.6 is 0 Å². The predicted octanol–water partition coefficient (Wildman–Crippen LogP) is 1.08. The number of halogens is 3. The second-order valence-electron chi connectivity index (χ2n) is 4.17. The van der Waals surface area contributed by atoms with Gasteiger partial charge in [0.2, 0.25) is 0 Å². The number of hydrogen-bond acceptors (Lipinski definition) is 5. The van der Waals surface area contributed by atoms with E-state index in [2.05, 4.69) is 10.2 Å². The largest absolute Gasteiger partial charge is 0.437 e. The van der Waals surface area contributed by atoms with Crippen LogP contribution in [-0.4, -0.2) is 56.8 Å². The van der Waals surface area contributed by atoms with Gasteiger partial charge in [-0.3, -0.25) is 0 Å². The molecule has 0 amide bonds. The van der Waals surface area contributed by atoms with Crippen LogP contribution in [0.3, 0.4) is 0 Å². The zero-order chi connectivity index (χ0) is 13.3. The molecule has 9 heteroatoms. The van der Waals surface area contributed by atoms with Gasteiger partial charge in [0, 0.05) is 13.1 Å². The minimum Gasteiger partial charge on any atom is -0.304 e. The van der Waals surface area contributed by atoms with Crippen molar-refractivity contribution in [3.05, 3.63) is 0 Å². The lowest BCUT2D eigenvalue weighted by Crippen LogP contribution is -2.37. The lowest BCUT2D eigenvalue weighted by molar-refractivity contribution is -0.158. The maximum atomic E-state index is 11.4. The maximum absolute atomic E-state index is 11.4. The molecule has 2 aliphatic rings. The molecule has 0 bridgehead atoms. The molecule has 0 aromatic rings. The van der Waals surface area contributed by atoms with E-state index in [9.17, 15) is 21.6 Å². The van der Waals surface area contributed by atoms with E-state index in [1.54, 1.807) is 0 Å². The molecule has 0 spiro atoms. The molecule has 2 rings (SSSR count). The number of hydrogen-bond donors (Lipinski definition) is 0. The Kier molecular flexibility index (Phi) is 3.82.